The van der Waals surface area contributed by atoms with Gasteiger partial charge in [0.05, 0.1) is 16.7 Å². The van der Waals surface area contributed by atoms with Crippen LogP contribution in [0.25, 0.3) is 82.7 Å². The summed E-state index contributed by atoms with van der Waals surface area (Å²) in [4.78, 5) is 5.52. The van der Waals surface area contributed by atoms with Gasteiger partial charge in [0.2, 0.25) is 0 Å². The molecule has 3 nitrogen and oxygen atoms in total. The molecule has 0 radical (unpaired) electrons. The van der Waals surface area contributed by atoms with E-state index in [-0.39, 0.29) is 11.8 Å². The van der Waals surface area contributed by atoms with Gasteiger partial charge in [0, 0.05) is 21.7 Å². The van der Waals surface area contributed by atoms with Crippen molar-refractivity contribution in [3.63, 3.8) is 0 Å². The molecular weight excluding hydrogens is 609 g/mol. The average molecular weight is 649 g/mol. The lowest BCUT2D eigenvalue weighted by molar-refractivity contribution is 0.672. The SMILES string of the molecule is Cc1ccc2c(c1)oc1c2ccc2c3c(C)cccc3cc(-c3nc4ccccc4n3-c3c(C(C)C)cc(-c4ccccc4)cc3C(C)C)c21. The van der Waals surface area contributed by atoms with Crippen LogP contribution >= 0.6 is 0 Å². The highest BCUT2D eigenvalue weighted by atomic mass is 16.3. The summed E-state index contributed by atoms with van der Waals surface area (Å²) in [6.07, 6.45) is 0. The van der Waals surface area contributed by atoms with Crippen LogP contribution in [-0.2, 0) is 0 Å². The van der Waals surface area contributed by atoms with E-state index < -0.39 is 0 Å². The molecule has 0 saturated heterocycles. The summed E-state index contributed by atoms with van der Waals surface area (Å²) < 4.78 is 9.32. The number of aryl methyl sites for hydroxylation is 2. The van der Waals surface area contributed by atoms with Crippen LogP contribution in [0.15, 0.2) is 126 Å². The third kappa shape index (κ3) is 4.60. The quantitative estimate of drug-likeness (QED) is 0.174. The number of fused-ring (bicyclic) bond motifs is 8. The zero-order valence-corrected chi connectivity index (χ0v) is 29.5. The Balaban J connectivity index is 1.47. The van der Waals surface area contributed by atoms with Crippen LogP contribution in [0, 0.1) is 13.8 Å². The van der Waals surface area contributed by atoms with E-state index in [0.717, 1.165) is 49.7 Å². The molecule has 0 unspecified atom stereocenters. The maximum Gasteiger partial charge on any atom is 0.146 e. The molecule has 0 N–H and O–H groups in total. The second kappa shape index (κ2) is 11.5. The molecular formula is C47H40N2O. The van der Waals surface area contributed by atoms with Gasteiger partial charge in [-0.25, -0.2) is 4.98 Å². The van der Waals surface area contributed by atoms with Gasteiger partial charge in [0.15, 0.2) is 0 Å². The molecule has 0 aliphatic rings. The Morgan fingerprint density at radius 3 is 2.06 bits per heavy atom. The van der Waals surface area contributed by atoms with E-state index in [1.165, 1.54) is 55.2 Å². The number of imidazole rings is 1. The number of nitrogens with zero attached hydrogens (tertiary/aromatic N) is 2. The second-order valence-corrected chi connectivity index (χ2v) is 14.5. The zero-order chi connectivity index (χ0) is 34.3. The van der Waals surface area contributed by atoms with Gasteiger partial charge < -0.3 is 4.42 Å². The lowest BCUT2D eigenvalue weighted by atomic mass is 9.88. The highest BCUT2D eigenvalue weighted by Crippen LogP contribution is 2.46. The predicted molar refractivity (Wildman–Crippen MR) is 212 cm³/mol. The zero-order valence-electron chi connectivity index (χ0n) is 29.5. The van der Waals surface area contributed by atoms with Crippen LogP contribution in [0.5, 0.6) is 0 Å². The van der Waals surface area contributed by atoms with Crippen molar-refractivity contribution in [3.8, 4) is 28.2 Å². The minimum absolute atomic E-state index is 0.279. The largest absolute Gasteiger partial charge is 0.455 e. The molecule has 0 atom stereocenters. The molecule has 0 aliphatic carbocycles. The molecule has 0 aliphatic heterocycles. The van der Waals surface area contributed by atoms with Crippen molar-refractivity contribution in [2.24, 2.45) is 0 Å². The highest BCUT2D eigenvalue weighted by molar-refractivity contribution is 6.25. The lowest BCUT2D eigenvalue weighted by Crippen LogP contribution is -2.09. The van der Waals surface area contributed by atoms with E-state index in [9.17, 15) is 0 Å². The average Bonchev–Trinajstić information content (AvgIpc) is 3.69. The Labute approximate surface area is 292 Å². The standard InChI is InChI=1S/C47H40N2O/c1-27(2)37-25-33(31-14-8-7-9-15-31)26-38(28(3)4)45(37)49-41-18-11-10-17-40(41)48-47(49)39-24-32-16-12-13-30(6)43(32)36-22-21-35-34-20-19-29(5)23-42(34)50-46(35)44(36)39/h7-28H,1-6H3. The number of para-hydroxylation sites is 2. The van der Waals surface area contributed by atoms with E-state index in [1.54, 1.807) is 0 Å². The van der Waals surface area contributed by atoms with E-state index in [1.807, 2.05) is 0 Å². The molecule has 0 bridgehead atoms. The molecule has 0 fully saturated rings. The number of benzene rings is 7. The van der Waals surface area contributed by atoms with Crippen LogP contribution < -0.4 is 0 Å². The van der Waals surface area contributed by atoms with Crippen molar-refractivity contribution in [1.29, 1.82) is 0 Å². The van der Waals surface area contributed by atoms with Crippen LogP contribution in [-0.4, -0.2) is 9.55 Å². The summed E-state index contributed by atoms with van der Waals surface area (Å²) >= 11 is 0. The third-order valence-corrected chi connectivity index (χ3v) is 10.5. The second-order valence-electron chi connectivity index (χ2n) is 14.5. The van der Waals surface area contributed by atoms with Crippen molar-refractivity contribution in [1.82, 2.24) is 9.55 Å². The first kappa shape index (κ1) is 30.4. The van der Waals surface area contributed by atoms with Crippen LogP contribution in [0.1, 0.15) is 61.8 Å². The highest BCUT2D eigenvalue weighted by Gasteiger charge is 2.26. The summed E-state index contributed by atoms with van der Waals surface area (Å²) in [6, 6.07) is 44.2. The van der Waals surface area contributed by atoms with E-state index in [0.29, 0.717) is 0 Å². The Morgan fingerprint density at radius 2 is 1.30 bits per heavy atom. The minimum atomic E-state index is 0.279. The predicted octanol–water partition coefficient (Wildman–Crippen LogP) is 13.4. The van der Waals surface area contributed by atoms with Crippen molar-refractivity contribution >= 4 is 54.5 Å². The van der Waals surface area contributed by atoms with Gasteiger partial charge in [-0.15, -0.1) is 0 Å². The molecule has 0 amide bonds. The molecule has 7 aromatic carbocycles. The summed E-state index contributed by atoms with van der Waals surface area (Å²) in [5.74, 6) is 1.49. The first-order valence-electron chi connectivity index (χ1n) is 17.8. The summed E-state index contributed by atoms with van der Waals surface area (Å²) in [5.41, 5.74) is 13.7. The van der Waals surface area contributed by atoms with Crippen molar-refractivity contribution in [3.05, 3.63) is 144 Å². The molecule has 0 saturated carbocycles. The monoisotopic (exact) mass is 648 g/mol. The van der Waals surface area contributed by atoms with Crippen molar-refractivity contribution in [2.45, 2.75) is 53.4 Å². The molecule has 3 heteroatoms. The Kier molecular flexibility index (Phi) is 6.96. The number of aromatic nitrogens is 2. The Bertz CT molecular complexity index is 2750. The smallest absolute Gasteiger partial charge is 0.146 e. The molecule has 244 valence electrons. The van der Waals surface area contributed by atoms with E-state index in [2.05, 4.69) is 167 Å². The van der Waals surface area contributed by atoms with Gasteiger partial charge in [0.25, 0.3) is 0 Å². The number of hydrogen-bond donors (Lipinski definition) is 0. The summed E-state index contributed by atoms with van der Waals surface area (Å²) in [7, 11) is 0. The number of furan rings is 1. The fraction of sp³-hybridized carbons (Fsp3) is 0.170. The molecule has 2 heterocycles. The van der Waals surface area contributed by atoms with Crippen LogP contribution in [0.3, 0.4) is 0 Å². The Hall–Kier alpha value is -5.67. The maximum atomic E-state index is 6.87. The fourth-order valence-corrected chi connectivity index (χ4v) is 8.05. The number of hydrogen-bond acceptors (Lipinski definition) is 2. The normalized spacial score (nSPS) is 12.2. The molecule has 9 aromatic rings. The van der Waals surface area contributed by atoms with Crippen LogP contribution in [0.4, 0.5) is 0 Å². The van der Waals surface area contributed by atoms with Gasteiger partial charge in [-0.05, 0) is 118 Å². The maximum absolute atomic E-state index is 6.87. The summed E-state index contributed by atoms with van der Waals surface area (Å²) in [6.45, 7) is 13.6. The molecule has 9 rings (SSSR count). The third-order valence-electron chi connectivity index (χ3n) is 10.5. The van der Waals surface area contributed by atoms with Gasteiger partial charge in [-0.2, -0.15) is 0 Å². The Morgan fingerprint density at radius 1 is 0.600 bits per heavy atom. The van der Waals surface area contributed by atoms with Crippen molar-refractivity contribution in [2.75, 3.05) is 0 Å². The molecule has 0 spiro atoms. The van der Waals surface area contributed by atoms with E-state index >= 15 is 0 Å². The first-order valence-corrected chi connectivity index (χ1v) is 17.8. The van der Waals surface area contributed by atoms with E-state index in [4.69, 9.17) is 9.40 Å². The number of rotatable bonds is 5. The van der Waals surface area contributed by atoms with Crippen molar-refractivity contribution < 1.29 is 4.42 Å². The van der Waals surface area contributed by atoms with Gasteiger partial charge in [-0.1, -0.05) is 107 Å². The molecule has 50 heavy (non-hydrogen) atoms. The molecule has 2 aromatic heterocycles. The van der Waals surface area contributed by atoms with Gasteiger partial charge >= 0.3 is 0 Å². The van der Waals surface area contributed by atoms with Crippen LogP contribution in [0.2, 0.25) is 0 Å². The topological polar surface area (TPSA) is 31.0 Å². The fourth-order valence-electron chi connectivity index (χ4n) is 8.05. The first-order chi connectivity index (χ1) is 24.3. The van der Waals surface area contributed by atoms with Gasteiger partial charge in [-0.3, -0.25) is 4.57 Å². The van der Waals surface area contributed by atoms with Gasteiger partial charge in [0.1, 0.15) is 17.0 Å². The summed E-state index contributed by atoms with van der Waals surface area (Å²) in [5, 5.41) is 7.01. The minimum Gasteiger partial charge on any atom is -0.455 e. The lowest BCUT2D eigenvalue weighted by Gasteiger charge is -2.25.